The Morgan fingerprint density at radius 3 is 1.45 bits per heavy atom. The van der Waals surface area contributed by atoms with Crippen LogP contribution >= 0.6 is 0 Å². The summed E-state index contributed by atoms with van der Waals surface area (Å²) in [5, 5.41) is 9.00. The number of carbonyl (C=O) groups is 4. The zero-order valence-electron chi connectivity index (χ0n) is 25.5. The number of ether oxygens (including phenoxy) is 1. The van der Waals surface area contributed by atoms with Crippen molar-refractivity contribution in [1.82, 2.24) is 28.7 Å². The second-order valence-electron chi connectivity index (χ2n) is 10.3. The van der Waals surface area contributed by atoms with E-state index in [0.717, 1.165) is 25.4 Å². The molecule has 6 aromatic heterocycles. The number of methoxy groups -OCH3 is 1. The molecular weight excluding hydrogens is 694 g/mol. The third-order valence-corrected chi connectivity index (χ3v) is 7.11. The van der Waals surface area contributed by atoms with Gasteiger partial charge in [0.25, 0.3) is 11.8 Å². The number of primary amides is 2. The number of carbonyl (C=O) groups excluding carboxylic acids is 3. The van der Waals surface area contributed by atoms with Crippen LogP contribution in [0.5, 0.6) is 0 Å². The number of amides is 2. The lowest BCUT2D eigenvalue weighted by Gasteiger charge is -2.13. The summed E-state index contributed by atoms with van der Waals surface area (Å²) in [6.07, 6.45) is -2.78. The van der Waals surface area contributed by atoms with Crippen LogP contribution in [0, 0.1) is 0 Å². The molecule has 5 N–H and O–H groups in total. The normalized spacial score (nSPS) is 11.6. The highest BCUT2D eigenvalue weighted by Gasteiger charge is 2.37. The number of alkyl halides is 6. The number of aromatic carboxylic acids is 1. The van der Waals surface area contributed by atoms with E-state index < -0.39 is 53.1 Å². The van der Waals surface area contributed by atoms with E-state index in [4.69, 9.17) is 16.6 Å². The zero-order valence-corrected chi connectivity index (χ0v) is 25.5. The summed E-state index contributed by atoms with van der Waals surface area (Å²) >= 11 is 0. The van der Waals surface area contributed by atoms with E-state index in [2.05, 4.69) is 24.7 Å². The highest BCUT2D eigenvalue weighted by atomic mass is 19.4. The molecule has 14 nitrogen and oxygen atoms in total. The van der Waals surface area contributed by atoms with Crippen LogP contribution in [0.25, 0.3) is 33.3 Å². The summed E-state index contributed by atoms with van der Waals surface area (Å²) in [6.45, 7) is 0. The Morgan fingerprint density at radius 2 is 1.08 bits per heavy atom. The number of nitrogens with two attached hydrogens (primary N) is 2. The number of hydrogen-bond donors (Lipinski definition) is 3. The van der Waals surface area contributed by atoms with Gasteiger partial charge in [0.15, 0.2) is 11.4 Å². The van der Waals surface area contributed by atoms with E-state index in [0.29, 0.717) is 17.2 Å². The highest BCUT2D eigenvalue weighted by Crippen LogP contribution is 2.38. The van der Waals surface area contributed by atoms with Gasteiger partial charge < -0.3 is 21.3 Å². The summed E-state index contributed by atoms with van der Waals surface area (Å²) in [4.78, 5) is 59.5. The van der Waals surface area contributed by atoms with Gasteiger partial charge in [0.05, 0.1) is 41.7 Å². The molecule has 6 heterocycles. The number of halogens is 6. The number of carboxylic acid groups (broad SMARTS) is 1. The minimum absolute atomic E-state index is 0.0518. The molecule has 0 spiro atoms. The Hall–Kier alpha value is -6.86. The van der Waals surface area contributed by atoms with Crippen molar-refractivity contribution in [1.29, 1.82) is 0 Å². The Kier molecular flexibility index (Phi) is 9.18. The number of aromatic nitrogens is 6. The Bertz CT molecular complexity index is 2370. The largest absolute Gasteiger partial charge is 0.478 e. The smallest absolute Gasteiger partial charge is 0.433 e. The Morgan fingerprint density at radius 1 is 0.667 bits per heavy atom. The fourth-order valence-corrected chi connectivity index (χ4v) is 4.87. The maximum Gasteiger partial charge on any atom is 0.433 e. The van der Waals surface area contributed by atoms with Gasteiger partial charge in [-0.15, -0.1) is 0 Å². The molecule has 0 aliphatic carbocycles. The van der Waals surface area contributed by atoms with Gasteiger partial charge in [-0.1, -0.05) is 0 Å². The predicted octanol–water partition coefficient (Wildman–Crippen LogP) is 4.51. The molecule has 6 aromatic rings. The lowest BCUT2D eigenvalue weighted by atomic mass is 10.0. The number of carboxylic acids is 1. The molecule has 2 amide bonds. The molecule has 6 rings (SSSR count). The summed E-state index contributed by atoms with van der Waals surface area (Å²) in [5.41, 5.74) is 7.68. The first-order chi connectivity index (χ1) is 23.9. The molecule has 20 heteroatoms. The summed E-state index contributed by atoms with van der Waals surface area (Å²) in [6, 6.07) is 7.30. The average Bonchev–Trinajstić information content (AvgIpc) is 3.71. The van der Waals surface area contributed by atoms with E-state index in [1.807, 2.05) is 0 Å². The minimum atomic E-state index is -4.77. The van der Waals surface area contributed by atoms with Crippen molar-refractivity contribution in [3.05, 3.63) is 108 Å². The Balaban J connectivity index is 0.000000198. The van der Waals surface area contributed by atoms with Gasteiger partial charge in [-0.3, -0.25) is 28.4 Å². The van der Waals surface area contributed by atoms with Crippen LogP contribution in [0.4, 0.5) is 26.3 Å². The summed E-state index contributed by atoms with van der Waals surface area (Å²) < 4.78 is 86.7. The minimum Gasteiger partial charge on any atom is -0.478 e. The lowest BCUT2D eigenvalue weighted by molar-refractivity contribution is -0.141. The van der Waals surface area contributed by atoms with Crippen LogP contribution in [0.3, 0.4) is 0 Å². The molecule has 0 radical (unpaired) electrons. The molecule has 0 saturated carbocycles. The van der Waals surface area contributed by atoms with Crippen LogP contribution in [0.15, 0.2) is 73.6 Å². The first-order valence-corrected chi connectivity index (χ1v) is 13.9. The van der Waals surface area contributed by atoms with Gasteiger partial charge in [-0.25, -0.2) is 19.6 Å². The molecule has 0 aromatic carbocycles. The molecule has 0 fully saturated rings. The first kappa shape index (κ1) is 35.4. The highest BCUT2D eigenvalue weighted by molar-refractivity contribution is 5.93. The predicted molar refractivity (Wildman–Crippen MR) is 162 cm³/mol. The van der Waals surface area contributed by atoms with E-state index in [1.54, 1.807) is 0 Å². The zero-order chi connectivity index (χ0) is 37.4. The number of esters is 1. The monoisotopic (exact) mass is 714 g/mol. The molecule has 0 aliphatic rings. The van der Waals surface area contributed by atoms with E-state index in [9.17, 15) is 45.5 Å². The molecule has 0 saturated heterocycles. The van der Waals surface area contributed by atoms with Gasteiger partial charge in [0.1, 0.15) is 0 Å². The number of imidazole rings is 2. The first-order valence-electron chi connectivity index (χ1n) is 13.9. The molecule has 262 valence electrons. The SMILES string of the molecule is COC(=O)c1cnc(C(F)(F)F)c(-c2ccn3c(C(N)=O)ncc3c2)c1.NC(=O)c1ncc2cc(-c3cc(C(=O)O)cnc3C(F)(F)F)ccn12. The Labute approximate surface area is 280 Å². The maximum absolute atomic E-state index is 13.3. The van der Waals surface area contributed by atoms with Crippen molar-refractivity contribution in [3.63, 3.8) is 0 Å². The molecule has 0 atom stereocenters. The van der Waals surface area contributed by atoms with Gasteiger partial charge in [-0.2, -0.15) is 26.3 Å². The van der Waals surface area contributed by atoms with E-state index in [-0.39, 0.29) is 39.5 Å². The van der Waals surface area contributed by atoms with Crippen LogP contribution in [0.1, 0.15) is 53.3 Å². The van der Waals surface area contributed by atoms with Crippen LogP contribution in [-0.2, 0) is 17.1 Å². The molecular formula is C31H20F6N8O6. The molecule has 0 unspecified atom stereocenters. The van der Waals surface area contributed by atoms with Crippen LogP contribution < -0.4 is 11.5 Å². The molecule has 0 aliphatic heterocycles. The maximum atomic E-state index is 13.3. The number of hydrogen-bond acceptors (Lipinski definition) is 9. The quantitative estimate of drug-likeness (QED) is 0.162. The van der Waals surface area contributed by atoms with Crippen molar-refractivity contribution in [2.45, 2.75) is 12.4 Å². The van der Waals surface area contributed by atoms with Gasteiger partial charge >= 0.3 is 24.3 Å². The van der Waals surface area contributed by atoms with E-state index in [1.165, 1.54) is 57.9 Å². The summed E-state index contributed by atoms with van der Waals surface area (Å²) in [7, 11) is 1.11. The fourth-order valence-electron chi connectivity index (χ4n) is 4.87. The number of fused-ring (bicyclic) bond motifs is 2. The number of nitrogens with zero attached hydrogens (tertiary/aromatic N) is 6. The van der Waals surface area contributed by atoms with Crippen molar-refractivity contribution in [2.75, 3.05) is 7.11 Å². The molecule has 0 bridgehead atoms. The third kappa shape index (κ3) is 7.14. The van der Waals surface area contributed by atoms with Gasteiger partial charge in [0.2, 0.25) is 11.6 Å². The topological polar surface area (TPSA) is 210 Å². The third-order valence-electron chi connectivity index (χ3n) is 7.11. The van der Waals surface area contributed by atoms with Crippen molar-refractivity contribution in [2.24, 2.45) is 11.5 Å². The summed E-state index contributed by atoms with van der Waals surface area (Å²) in [5.74, 6) is -3.90. The van der Waals surface area contributed by atoms with Gasteiger partial charge in [-0.05, 0) is 47.5 Å². The van der Waals surface area contributed by atoms with Crippen molar-refractivity contribution in [3.8, 4) is 22.3 Å². The van der Waals surface area contributed by atoms with E-state index >= 15 is 0 Å². The second kappa shape index (κ2) is 13.2. The van der Waals surface area contributed by atoms with Crippen molar-refractivity contribution < 1.29 is 55.4 Å². The van der Waals surface area contributed by atoms with Gasteiger partial charge in [0, 0.05) is 35.9 Å². The molecule has 51 heavy (non-hydrogen) atoms. The standard InChI is InChI=1S/C16H11F3N4O3.C15H9F3N4O3/c1-26-15(25)9-5-11(12(21-6-9)16(17,18)19)8-2-3-23-10(4-8)7-22-14(23)13(20)24;16-15(17,18)11-10(4-8(5-20-11)14(24)25)7-1-2-22-9(3-7)6-21-13(22)12(19)23/h2-7H,1H3,(H2,20,24);1-6H,(H2,19,23)(H,24,25). The van der Waals surface area contributed by atoms with Crippen LogP contribution in [0.2, 0.25) is 0 Å². The second-order valence-corrected chi connectivity index (χ2v) is 10.3. The average molecular weight is 715 g/mol. The number of pyridine rings is 4. The fraction of sp³-hybridized carbons (Fsp3) is 0.0968. The number of rotatable bonds is 6. The lowest BCUT2D eigenvalue weighted by Crippen LogP contribution is -2.15. The van der Waals surface area contributed by atoms with Crippen LogP contribution in [-0.4, -0.2) is 64.7 Å². The van der Waals surface area contributed by atoms with Crippen molar-refractivity contribution >= 4 is 34.8 Å².